The number of urea groups is 1. The number of benzene rings is 1. The molecule has 1 fully saturated rings. The zero-order valence-electron chi connectivity index (χ0n) is 17.5. The molecule has 166 valence electrons. The molecule has 2 aliphatic rings. The summed E-state index contributed by atoms with van der Waals surface area (Å²) in [6.07, 6.45) is 6.40. The van der Waals surface area contributed by atoms with E-state index in [4.69, 9.17) is 0 Å². The molecule has 2 aromatic heterocycles. The van der Waals surface area contributed by atoms with Crippen molar-refractivity contribution in [2.24, 2.45) is 0 Å². The quantitative estimate of drug-likeness (QED) is 0.632. The summed E-state index contributed by atoms with van der Waals surface area (Å²) in [5, 5.41) is 6.88. The zero-order chi connectivity index (χ0) is 22.1. The lowest BCUT2D eigenvalue weighted by Crippen LogP contribution is -2.39. The van der Waals surface area contributed by atoms with Gasteiger partial charge in [0.25, 0.3) is 5.56 Å². The molecule has 1 saturated carbocycles. The molecule has 1 aliphatic carbocycles. The SMILES string of the molecule is O=C(Nc1nc2c(s1)CN(C(=O)Cn1cnc3ccccc3c1=O)CC2)NC1CCCC1. The highest BCUT2D eigenvalue weighted by Crippen LogP contribution is 2.28. The summed E-state index contributed by atoms with van der Waals surface area (Å²) in [5.74, 6) is -0.142. The average molecular weight is 453 g/mol. The number of para-hydroxylation sites is 1. The van der Waals surface area contributed by atoms with Crippen LogP contribution in [0.1, 0.15) is 36.3 Å². The van der Waals surface area contributed by atoms with Gasteiger partial charge in [0, 0.05) is 23.9 Å². The number of carbonyl (C=O) groups is 2. The molecule has 0 saturated heterocycles. The minimum absolute atomic E-state index is 0.0558. The van der Waals surface area contributed by atoms with E-state index in [1.54, 1.807) is 23.1 Å². The molecule has 0 atom stereocenters. The molecule has 0 unspecified atom stereocenters. The Morgan fingerprint density at radius 3 is 2.84 bits per heavy atom. The Morgan fingerprint density at radius 2 is 2.00 bits per heavy atom. The van der Waals surface area contributed by atoms with Gasteiger partial charge in [0.2, 0.25) is 5.91 Å². The zero-order valence-corrected chi connectivity index (χ0v) is 18.4. The molecule has 3 heterocycles. The summed E-state index contributed by atoms with van der Waals surface area (Å²) in [6, 6.07) is 7.12. The lowest BCUT2D eigenvalue weighted by molar-refractivity contribution is -0.132. The Kier molecular flexibility index (Phi) is 5.60. The molecule has 1 aliphatic heterocycles. The van der Waals surface area contributed by atoms with Gasteiger partial charge in [0.1, 0.15) is 6.54 Å². The van der Waals surface area contributed by atoms with Crippen molar-refractivity contribution < 1.29 is 9.59 Å². The second-order valence-electron chi connectivity index (χ2n) is 8.23. The van der Waals surface area contributed by atoms with Crippen LogP contribution < -0.4 is 16.2 Å². The number of fused-ring (bicyclic) bond motifs is 2. The number of aromatic nitrogens is 3. The second kappa shape index (κ2) is 8.70. The molecule has 5 rings (SSSR count). The number of nitrogens with one attached hydrogen (secondary N) is 2. The van der Waals surface area contributed by atoms with E-state index in [0.29, 0.717) is 35.5 Å². The first-order valence-corrected chi connectivity index (χ1v) is 11.7. The van der Waals surface area contributed by atoms with E-state index in [-0.39, 0.29) is 30.1 Å². The Bertz CT molecular complexity index is 1230. The first-order chi connectivity index (χ1) is 15.6. The molecule has 0 bridgehead atoms. The highest BCUT2D eigenvalue weighted by Gasteiger charge is 2.25. The van der Waals surface area contributed by atoms with Crippen LogP contribution in [0.4, 0.5) is 9.93 Å². The van der Waals surface area contributed by atoms with Crippen LogP contribution in [0.3, 0.4) is 0 Å². The predicted molar refractivity (Wildman–Crippen MR) is 122 cm³/mol. The number of hydrogen-bond acceptors (Lipinski definition) is 6. The smallest absolute Gasteiger partial charge is 0.321 e. The van der Waals surface area contributed by atoms with Crippen molar-refractivity contribution in [1.29, 1.82) is 0 Å². The summed E-state index contributed by atoms with van der Waals surface area (Å²) in [5.41, 5.74) is 1.31. The Morgan fingerprint density at radius 1 is 1.19 bits per heavy atom. The Balaban J connectivity index is 1.23. The molecule has 1 aromatic carbocycles. The van der Waals surface area contributed by atoms with Gasteiger partial charge in [-0.25, -0.2) is 14.8 Å². The van der Waals surface area contributed by atoms with Crippen molar-refractivity contribution in [1.82, 2.24) is 24.8 Å². The topological polar surface area (TPSA) is 109 Å². The maximum atomic E-state index is 12.9. The maximum absolute atomic E-state index is 12.9. The van der Waals surface area contributed by atoms with Crippen molar-refractivity contribution in [3.63, 3.8) is 0 Å². The van der Waals surface area contributed by atoms with Crippen molar-refractivity contribution in [2.45, 2.75) is 51.2 Å². The number of amides is 3. The lowest BCUT2D eigenvalue weighted by Gasteiger charge is -2.26. The summed E-state index contributed by atoms with van der Waals surface area (Å²) < 4.78 is 1.35. The normalized spacial score (nSPS) is 16.2. The molecule has 3 aromatic rings. The van der Waals surface area contributed by atoms with Crippen molar-refractivity contribution >= 4 is 39.3 Å². The van der Waals surface area contributed by atoms with Gasteiger partial charge in [0.15, 0.2) is 5.13 Å². The Hall–Kier alpha value is -3.27. The van der Waals surface area contributed by atoms with Gasteiger partial charge in [0.05, 0.1) is 29.5 Å². The summed E-state index contributed by atoms with van der Waals surface area (Å²) in [4.78, 5) is 49.3. The Labute approximate surface area is 188 Å². The van der Waals surface area contributed by atoms with E-state index in [0.717, 1.165) is 36.3 Å². The van der Waals surface area contributed by atoms with Gasteiger partial charge in [-0.1, -0.05) is 36.3 Å². The maximum Gasteiger partial charge on any atom is 0.321 e. The fourth-order valence-corrected chi connectivity index (χ4v) is 5.33. The summed E-state index contributed by atoms with van der Waals surface area (Å²) in [6.45, 7) is 0.895. The first-order valence-electron chi connectivity index (χ1n) is 10.8. The van der Waals surface area contributed by atoms with Gasteiger partial charge < -0.3 is 10.2 Å². The lowest BCUT2D eigenvalue weighted by atomic mass is 10.2. The van der Waals surface area contributed by atoms with E-state index in [1.165, 1.54) is 22.2 Å². The minimum atomic E-state index is -0.223. The van der Waals surface area contributed by atoms with Crippen LogP contribution in [-0.2, 0) is 24.3 Å². The van der Waals surface area contributed by atoms with E-state index in [9.17, 15) is 14.4 Å². The third kappa shape index (κ3) is 4.22. The molecule has 0 radical (unpaired) electrons. The largest absolute Gasteiger partial charge is 0.336 e. The van der Waals surface area contributed by atoms with Crippen LogP contribution in [0.2, 0.25) is 0 Å². The molecule has 0 spiro atoms. The number of hydrogen-bond donors (Lipinski definition) is 2. The van der Waals surface area contributed by atoms with Crippen molar-refractivity contribution in [3.05, 3.63) is 51.5 Å². The molecule has 3 amide bonds. The highest BCUT2D eigenvalue weighted by atomic mass is 32.1. The molecular formula is C22H24N6O3S. The van der Waals surface area contributed by atoms with E-state index < -0.39 is 0 Å². The van der Waals surface area contributed by atoms with Gasteiger partial charge in [-0.3, -0.25) is 19.5 Å². The number of carbonyl (C=O) groups excluding carboxylic acids is 2. The van der Waals surface area contributed by atoms with Crippen LogP contribution in [0.15, 0.2) is 35.4 Å². The monoisotopic (exact) mass is 452 g/mol. The molecule has 2 N–H and O–H groups in total. The standard InChI is InChI=1S/C22H24N6O3S/c29-19(12-28-13-23-16-8-4-3-7-15(16)20(28)30)27-10-9-17-18(11-27)32-22(25-17)26-21(31)24-14-5-1-2-6-14/h3-4,7-8,13-14H,1-2,5-6,9-12H2,(H2,24,25,26,31). The number of rotatable bonds is 4. The fourth-order valence-electron chi connectivity index (χ4n) is 4.32. The van der Waals surface area contributed by atoms with Crippen LogP contribution in [-0.4, -0.2) is 44.0 Å². The third-order valence-corrected chi connectivity index (χ3v) is 7.03. The number of anilines is 1. The molecule has 9 nitrogen and oxygen atoms in total. The minimum Gasteiger partial charge on any atom is -0.336 e. The van der Waals surface area contributed by atoms with Crippen molar-refractivity contribution in [3.8, 4) is 0 Å². The van der Waals surface area contributed by atoms with Gasteiger partial charge in [-0.15, -0.1) is 0 Å². The van der Waals surface area contributed by atoms with Crippen LogP contribution in [0, 0.1) is 0 Å². The molecule has 32 heavy (non-hydrogen) atoms. The van der Waals surface area contributed by atoms with Crippen LogP contribution >= 0.6 is 11.3 Å². The summed E-state index contributed by atoms with van der Waals surface area (Å²) >= 11 is 1.40. The third-order valence-electron chi connectivity index (χ3n) is 6.03. The first kappa shape index (κ1) is 20.6. The highest BCUT2D eigenvalue weighted by molar-refractivity contribution is 7.15. The van der Waals surface area contributed by atoms with Gasteiger partial charge in [-0.2, -0.15) is 0 Å². The van der Waals surface area contributed by atoms with Crippen LogP contribution in [0.25, 0.3) is 10.9 Å². The van der Waals surface area contributed by atoms with Crippen LogP contribution in [0.5, 0.6) is 0 Å². The second-order valence-corrected chi connectivity index (χ2v) is 9.31. The fraction of sp³-hybridized carbons (Fsp3) is 0.409. The molecule has 10 heteroatoms. The summed E-state index contributed by atoms with van der Waals surface area (Å²) in [7, 11) is 0. The van der Waals surface area contributed by atoms with Gasteiger partial charge in [-0.05, 0) is 25.0 Å². The van der Waals surface area contributed by atoms with E-state index >= 15 is 0 Å². The molecular weight excluding hydrogens is 428 g/mol. The predicted octanol–water partition coefficient (Wildman–Crippen LogP) is 2.50. The van der Waals surface area contributed by atoms with E-state index in [1.807, 2.05) is 6.07 Å². The van der Waals surface area contributed by atoms with E-state index in [2.05, 4.69) is 20.6 Å². The number of nitrogens with zero attached hydrogens (tertiary/aromatic N) is 4. The van der Waals surface area contributed by atoms with Gasteiger partial charge >= 0.3 is 6.03 Å². The average Bonchev–Trinajstić information content (AvgIpc) is 3.44. The number of thiazole rings is 1. The van der Waals surface area contributed by atoms with Crippen molar-refractivity contribution in [2.75, 3.05) is 11.9 Å².